The van der Waals surface area contributed by atoms with Crippen molar-refractivity contribution in [2.75, 3.05) is 0 Å². The molecular formula is C13H19N. The van der Waals surface area contributed by atoms with E-state index in [9.17, 15) is 0 Å². The van der Waals surface area contributed by atoms with E-state index in [1.165, 1.54) is 16.5 Å². The Balaban J connectivity index is 0.000000461. The average molecular weight is 189 g/mol. The minimum absolute atomic E-state index is 1.05. The molecule has 0 atom stereocenters. The zero-order valence-electron chi connectivity index (χ0n) is 9.54. The van der Waals surface area contributed by atoms with Gasteiger partial charge >= 0.3 is 0 Å². The van der Waals surface area contributed by atoms with E-state index in [0.29, 0.717) is 0 Å². The van der Waals surface area contributed by atoms with E-state index in [4.69, 9.17) is 0 Å². The van der Waals surface area contributed by atoms with Gasteiger partial charge in [0.15, 0.2) is 0 Å². The minimum atomic E-state index is 1.05. The topological polar surface area (TPSA) is 4.93 Å². The second kappa shape index (κ2) is 4.85. The van der Waals surface area contributed by atoms with Gasteiger partial charge in [0.25, 0.3) is 0 Å². The van der Waals surface area contributed by atoms with E-state index in [0.717, 1.165) is 6.54 Å². The van der Waals surface area contributed by atoms with Crippen LogP contribution in [0.25, 0.3) is 10.9 Å². The summed E-state index contributed by atoms with van der Waals surface area (Å²) in [4.78, 5) is 0. The standard InChI is InChI=1S/C11H13N.C2H6/c1-3-12-8-7-10-6-4-5-9(2)11(10)12;1-2/h4-8H,3H2,1-2H3;1-2H3. The molecule has 0 radical (unpaired) electrons. The van der Waals surface area contributed by atoms with Crippen molar-refractivity contribution in [3.8, 4) is 0 Å². The molecule has 1 heterocycles. The van der Waals surface area contributed by atoms with Crippen LogP contribution >= 0.6 is 0 Å². The molecule has 1 nitrogen and oxygen atoms in total. The number of hydrogen-bond acceptors (Lipinski definition) is 0. The van der Waals surface area contributed by atoms with E-state index < -0.39 is 0 Å². The van der Waals surface area contributed by atoms with E-state index in [2.05, 4.69) is 48.9 Å². The number of nitrogens with zero attached hydrogens (tertiary/aromatic N) is 1. The summed E-state index contributed by atoms with van der Waals surface area (Å²) in [5.41, 5.74) is 2.74. The first kappa shape index (κ1) is 10.8. The van der Waals surface area contributed by atoms with Crippen LogP contribution in [0.3, 0.4) is 0 Å². The Hall–Kier alpha value is -1.24. The van der Waals surface area contributed by atoms with Gasteiger partial charge in [0.1, 0.15) is 0 Å². The van der Waals surface area contributed by atoms with E-state index in [-0.39, 0.29) is 0 Å². The van der Waals surface area contributed by atoms with Gasteiger partial charge in [0.2, 0.25) is 0 Å². The van der Waals surface area contributed by atoms with E-state index in [1.54, 1.807) is 0 Å². The highest BCUT2D eigenvalue weighted by atomic mass is 14.9. The quantitative estimate of drug-likeness (QED) is 0.639. The molecule has 0 unspecified atom stereocenters. The second-order valence-electron chi connectivity index (χ2n) is 3.11. The van der Waals surface area contributed by atoms with Gasteiger partial charge in [0.05, 0.1) is 5.52 Å². The predicted octanol–water partition coefficient (Wildman–Crippen LogP) is 4.00. The van der Waals surface area contributed by atoms with Crippen LogP contribution in [0.4, 0.5) is 0 Å². The van der Waals surface area contributed by atoms with Crippen molar-refractivity contribution in [2.45, 2.75) is 34.2 Å². The zero-order valence-corrected chi connectivity index (χ0v) is 9.54. The molecule has 2 aromatic rings. The van der Waals surface area contributed by atoms with Crippen molar-refractivity contribution in [3.05, 3.63) is 36.0 Å². The van der Waals surface area contributed by atoms with Crippen molar-refractivity contribution >= 4 is 10.9 Å². The Morgan fingerprint density at radius 3 is 2.50 bits per heavy atom. The molecule has 0 saturated heterocycles. The molecule has 0 aliphatic carbocycles. The third-order valence-electron chi connectivity index (χ3n) is 2.33. The first-order valence-corrected chi connectivity index (χ1v) is 5.37. The summed E-state index contributed by atoms with van der Waals surface area (Å²) in [6.45, 7) is 9.38. The zero-order chi connectivity index (χ0) is 10.6. The molecule has 76 valence electrons. The summed E-state index contributed by atoms with van der Waals surface area (Å²) >= 11 is 0. The second-order valence-corrected chi connectivity index (χ2v) is 3.11. The van der Waals surface area contributed by atoms with Crippen molar-refractivity contribution < 1.29 is 0 Å². The van der Waals surface area contributed by atoms with Crippen LogP contribution in [0.5, 0.6) is 0 Å². The Kier molecular flexibility index (Phi) is 3.75. The predicted molar refractivity (Wildman–Crippen MR) is 63.7 cm³/mol. The maximum Gasteiger partial charge on any atom is 0.0509 e. The maximum absolute atomic E-state index is 2.28. The number of aryl methyl sites for hydroxylation is 2. The van der Waals surface area contributed by atoms with Crippen LogP contribution < -0.4 is 0 Å². The summed E-state index contributed by atoms with van der Waals surface area (Å²) in [6.07, 6.45) is 2.15. The van der Waals surface area contributed by atoms with E-state index >= 15 is 0 Å². The summed E-state index contributed by atoms with van der Waals surface area (Å²) < 4.78 is 2.28. The molecule has 0 spiro atoms. The van der Waals surface area contributed by atoms with Crippen LogP contribution in [-0.2, 0) is 6.54 Å². The lowest BCUT2D eigenvalue weighted by Crippen LogP contribution is -1.92. The van der Waals surface area contributed by atoms with Gasteiger partial charge in [-0.25, -0.2) is 0 Å². The van der Waals surface area contributed by atoms with Gasteiger partial charge in [-0.05, 0) is 30.9 Å². The average Bonchev–Trinajstić information content (AvgIpc) is 2.65. The minimum Gasteiger partial charge on any atom is -0.348 e. The highest BCUT2D eigenvalue weighted by Gasteiger charge is 2.00. The lowest BCUT2D eigenvalue weighted by molar-refractivity contribution is 0.795. The highest BCUT2D eigenvalue weighted by Crippen LogP contribution is 2.18. The highest BCUT2D eigenvalue weighted by molar-refractivity contribution is 5.83. The Bertz CT molecular complexity index is 399. The van der Waals surface area contributed by atoms with Gasteiger partial charge < -0.3 is 4.57 Å². The summed E-state index contributed by atoms with van der Waals surface area (Å²) in [6, 6.07) is 8.60. The van der Waals surface area contributed by atoms with Gasteiger partial charge in [-0.2, -0.15) is 0 Å². The molecule has 1 heteroatoms. The van der Waals surface area contributed by atoms with Gasteiger partial charge in [-0.1, -0.05) is 32.0 Å². The van der Waals surface area contributed by atoms with Crippen LogP contribution in [0.1, 0.15) is 26.3 Å². The monoisotopic (exact) mass is 189 g/mol. The molecule has 2 rings (SSSR count). The largest absolute Gasteiger partial charge is 0.348 e. The number of aromatic nitrogens is 1. The number of rotatable bonds is 1. The molecular weight excluding hydrogens is 170 g/mol. The molecule has 0 bridgehead atoms. The molecule has 0 aliphatic heterocycles. The Morgan fingerprint density at radius 2 is 1.86 bits per heavy atom. The van der Waals surface area contributed by atoms with Gasteiger partial charge in [-0.15, -0.1) is 0 Å². The molecule has 14 heavy (non-hydrogen) atoms. The summed E-state index contributed by atoms with van der Waals surface area (Å²) in [5, 5.41) is 1.34. The lowest BCUT2D eigenvalue weighted by atomic mass is 10.2. The molecule has 1 aromatic heterocycles. The van der Waals surface area contributed by atoms with Crippen molar-refractivity contribution in [1.29, 1.82) is 0 Å². The maximum atomic E-state index is 2.28. The number of fused-ring (bicyclic) bond motifs is 1. The van der Waals surface area contributed by atoms with Crippen molar-refractivity contribution in [2.24, 2.45) is 0 Å². The smallest absolute Gasteiger partial charge is 0.0509 e. The molecule has 0 fully saturated rings. The Labute approximate surface area is 86.4 Å². The molecule has 0 N–H and O–H groups in total. The summed E-state index contributed by atoms with van der Waals surface area (Å²) in [5.74, 6) is 0. The molecule has 0 aliphatic rings. The van der Waals surface area contributed by atoms with Crippen molar-refractivity contribution in [3.63, 3.8) is 0 Å². The van der Waals surface area contributed by atoms with Gasteiger partial charge in [0, 0.05) is 12.7 Å². The fourth-order valence-electron chi connectivity index (χ4n) is 1.72. The fraction of sp³-hybridized carbons (Fsp3) is 0.385. The van der Waals surface area contributed by atoms with Crippen LogP contribution in [0, 0.1) is 6.92 Å². The molecule has 1 aromatic carbocycles. The van der Waals surface area contributed by atoms with E-state index in [1.807, 2.05) is 13.8 Å². The molecule has 0 amide bonds. The summed E-state index contributed by atoms with van der Waals surface area (Å²) in [7, 11) is 0. The van der Waals surface area contributed by atoms with Gasteiger partial charge in [-0.3, -0.25) is 0 Å². The number of hydrogen-bond donors (Lipinski definition) is 0. The van der Waals surface area contributed by atoms with Crippen LogP contribution in [0.2, 0.25) is 0 Å². The number of para-hydroxylation sites is 1. The lowest BCUT2D eigenvalue weighted by Gasteiger charge is -2.02. The van der Waals surface area contributed by atoms with Crippen LogP contribution in [0.15, 0.2) is 30.5 Å². The van der Waals surface area contributed by atoms with Crippen molar-refractivity contribution in [1.82, 2.24) is 4.57 Å². The van der Waals surface area contributed by atoms with Crippen LogP contribution in [-0.4, -0.2) is 4.57 Å². The third kappa shape index (κ3) is 1.82. The first-order valence-electron chi connectivity index (χ1n) is 5.37. The third-order valence-corrected chi connectivity index (χ3v) is 2.33. The number of benzene rings is 1. The SMILES string of the molecule is CC.CCn1ccc2cccc(C)c21. The normalized spacial score (nSPS) is 9.71. The first-order chi connectivity index (χ1) is 6.83. The Morgan fingerprint density at radius 1 is 1.14 bits per heavy atom. The molecule has 0 saturated carbocycles. The fourth-order valence-corrected chi connectivity index (χ4v) is 1.72.